The highest BCUT2D eigenvalue weighted by molar-refractivity contribution is 5.75. The van der Waals surface area contributed by atoms with Crippen LogP contribution in [0.2, 0.25) is 0 Å². The van der Waals surface area contributed by atoms with Gasteiger partial charge in [0, 0.05) is 12.6 Å². The van der Waals surface area contributed by atoms with Crippen molar-refractivity contribution in [2.45, 2.75) is 25.8 Å². The van der Waals surface area contributed by atoms with E-state index >= 15 is 0 Å². The Morgan fingerprint density at radius 1 is 1.47 bits per heavy atom. The smallest absolute Gasteiger partial charge is 0.404 e. The van der Waals surface area contributed by atoms with Crippen molar-refractivity contribution in [2.24, 2.45) is 11.7 Å². The maximum Gasteiger partial charge on any atom is 0.404 e. The van der Waals surface area contributed by atoms with Gasteiger partial charge in [0.2, 0.25) is 0 Å². The number of carboxylic acid groups (broad SMARTS) is 1. The van der Waals surface area contributed by atoms with Crippen LogP contribution in [0.1, 0.15) is 19.8 Å². The van der Waals surface area contributed by atoms with Gasteiger partial charge in [0.1, 0.15) is 6.61 Å². The lowest BCUT2D eigenvalue weighted by Crippen LogP contribution is -2.50. The van der Waals surface area contributed by atoms with Crippen molar-refractivity contribution in [1.29, 1.82) is 0 Å². The Morgan fingerprint density at radius 3 is 2.68 bits per heavy atom. The average Bonchev–Trinajstić information content (AvgIpc) is 2.33. The summed E-state index contributed by atoms with van der Waals surface area (Å²) in [5, 5.41) is 11.5. The molecule has 1 fully saturated rings. The van der Waals surface area contributed by atoms with E-state index in [1.807, 2.05) is 6.92 Å². The number of hydrogen-bond donors (Lipinski definition) is 3. The molecule has 1 aliphatic rings. The van der Waals surface area contributed by atoms with Crippen molar-refractivity contribution < 1.29 is 24.2 Å². The largest absolute Gasteiger partial charge is 0.481 e. The van der Waals surface area contributed by atoms with Crippen molar-refractivity contribution in [3.8, 4) is 0 Å². The van der Waals surface area contributed by atoms with Crippen LogP contribution in [0.5, 0.6) is 0 Å². The third-order valence-corrected chi connectivity index (χ3v) is 3.11. The van der Waals surface area contributed by atoms with E-state index in [2.05, 4.69) is 10.1 Å². The van der Waals surface area contributed by atoms with Crippen LogP contribution in [0.4, 0.5) is 9.59 Å². The molecule has 2 atom stereocenters. The molecule has 0 aromatic rings. The zero-order valence-electron chi connectivity index (χ0n) is 10.8. The van der Waals surface area contributed by atoms with Crippen molar-refractivity contribution in [2.75, 3.05) is 19.7 Å². The fraction of sp³-hybridized carbons (Fsp3) is 0.727. The number of primary amides is 1. The van der Waals surface area contributed by atoms with Crippen LogP contribution < -0.4 is 11.1 Å². The summed E-state index contributed by atoms with van der Waals surface area (Å²) >= 11 is 0. The second-order valence-corrected chi connectivity index (χ2v) is 4.50. The minimum Gasteiger partial charge on any atom is -0.481 e. The minimum absolute atomic E-state index is 0.0149. The first-order valence-corrected chi connectivity index (χ1v) is 6.11. The number of nitrogens with one attached hydrogen (secondary N) is 1. The summed E-state index contributed by atoms with van der Waals surface area (Å²) in [6, 6.07) is -0.420. The third-order valence-electron chi connectivity index (χ3n) is 3.11. The molecule has 1 aliphatic heterocycles. The number of likely N-dealkylation sites (tertiary alicyclic amines) is 1. The maximum atomic E-state index is 11.8. The average molecular weight is 273 g/mol. The van der Waals surface area contributed by atoms with Crippen molar-refractivity contribution in [3.05, 3.63) is 0 Å². The lowest BCUT2D eigenvalue weighted by molar-refractivity contribution is -0.143. The van der Waals surface area contributed by atoms with E-state index in [1.165, 1.54) is 0 Å². The molecule has 0 aromatic carbocycles. The Kier molecular flexibility index (Phi) is 5.40. The monoisotopic (exact) mass is 273 g/mol. The molecule has 0 saturated carbocycles. The standard InChI is InChI=1S/C11H19N3O5/c1-7-6-8(9(15)16)2-4-14(7)11(18)13-3-5-19-10(12)17/h7-8H,2-6H2,1H3,(H2,12,17)(H,13,18)(H,15,16). The van der Waals surface area contributed by atoms with E-state index in [1.54, 1.807) is 4.90 Å². The highest BCUT2D eigenvalue weighted by Crippen LogP contribution is 2.22. The summed E-state index contributed by atoms with van der Waals surface area (Å²) in [5.74, 6) is -1.21. The molecule has 4 N–H and O–H groups in total. The fourth-order valence-corrected chi connectivity index (χ4v) is 2.11. The van der Waals surface area contributed by atoms with Gasteiger partial charge < -0.3 is 25.8 Å². The predicted molar refractivity (Wildman–Crippen MR) is 65.5 cm³/mol. The van der Waals surface area contributed by atoms with Crippen LogP contribution in [-0.4, -0.2) is 53.8 Å². The summed E-state index contributed by atoms with van der Waals surface area (Å²) in [4.78, 5) is 34.6. The number of urea groups is 1. The van der Waals surface area contributed by atoms with Crippen LogP contribution >= 0.6 is 0 Å². The molecule has 1 heterocycles. The molecule has 3 amide bonds. The van der Waals surface area contributed by atoms with E-state index < -0.39 is 18.0 Å². The number of ether oxygens (including phenoxy) is 1. The normalized spacial score (nSPS) is 22.7. The van der Waals surface area contributed by atoms with E-state index in [0.29, 0.717) is 19.4 Å². The molecule has 0 bridgehead atoms. The van der Waals surface area contributed by atoms with Gasteiger partial charge in [-0.2, -0.15) is 0 Å². The number of amides is 3. The van der Waals surface area contributed by atoms with E-state index in [4.69, 9.17) is 10.8 Å². The van der Waals surface area contributed by atoms with Gasteiger partial charge in [-0.1, -0.05) is 0 Å². The zero-order chi connectivity index (χ0) is 14.4. The van der Waals surface area contributed by atoms with Crippen molar-refractivity contribution >= 4 is 18.1 Å². The van der Waals surface area contributed by atoms with E-state index in [9.17, 15) is 14.4 Å². The molecule has 1 rings (SSSR count). The molecule has 2 unspecified atom stereocenters. The Labute approximate surface area is 110 Å². The van der Waals surface area contributed by atoms with Gasteiger partial charge in [-0.15, -0.1) is 0 Å². The van der Waals surface area contributed by atoms with Crippen LogP contribution in [0, 0.1) is 5.92 Å². The van der Waals surface area contributed by atoms with Crippen LogP contribution in [0.15, 0.2) is 0 Å². The van der Waals surface area contributed by atoms with Gasteiger partial charge in [0.05, 0.1) is 12.5 Å². The molecule has 8 heteroatoms. The van der Waals surface area contributed by atoms with Crippen LogP contribution in [0.3, 0.4) is 0 Å². The topological polar surface area (TPSA) is 122 Å². The van der Waals surface area contributed by atoms with Gasteiger partial charge in [-0.25, -0.2) is 9.59 Å². The molecule has 0 aromatic heterocycles. The first kappa shape index (κ1) is 15.1. The molecule has 0 radical (unpaired) electrons. The van der Waals surface area contributed by atoms with Gasteiger partial charge >= 0.3 is 18.1 Å². The number of carboxylic acids is 1. The first-order valence-electron chi connectivity index (χ1n) is 6.11. The predicted octanol–water partition coefficient (Wildman–Crippen LogP) is -0.0236. The summed E-state index contributed by atoms with van der Waals surface area (Å²) < 4.78 is 4.48. The number of carbonyl (C=O) groups excluding carboxylic acids is 2. The Bertz CT molecular complexity index is 360. The van der Waals surface area contributed by atoms with E-state index in [0.717, 1.165) is 0 Å². The second-order valence-electron chi connectivity index (χ2n) is 4.50. The van der Waals surface area contributed by atoms with Crippen molar-refractivity contribution in [3.63, 3.8) is 0 Å². The lowest BCUT2D eigenvalue weighted by atomic mass is 9.92. The number of rotatable bonds is 4. The summed E-state index contributed by atoms with van der Waals surface area (Å²) in [6.07, 6.45) is 0.00990. The number of nitrogens with zero attached hydrogens (tertiary/aromatic N) is 1. The number of piperidine rings is 1. The highest BCUT2D eigenvalue weighted by atomic mass is 16.5. The molecule has 19 heavy (non-hydrogen) atoms. The molecular weight excluding hydrogens is 254 g/mol. The molecule has 0 spiro atoms. The lowest BCUT2D eigenvalue weighted by Gasteiger charge is -2.36. The maximum absolute atomic E-state index is 11.8. The Balaban J connectivity index is 2.33. The fourth-order valence-electron chi connectivity index (χ4n) is 2.11. The summed E-state index contributed by atoms with van der Waals surface area (Å²) in [6.45, 7) is 2.41. The number of nitrogens with two attached hydrogens (primary N) is 1. The molecule has 108 valence electrons. The molecular formula is C11H19N3O5. The van der Waals surface area contributed by atoms with Crippen molar-refractivity contribution in [1.82, 2.24) is 10.2 Å². The molecule has 1 saturated heterocycles. The summed E-state index contributed by atoms with van der Waals surface area (Å²) in [7, 11) is 0. The Hall–Kier alpha value is -1.99. The summed E-state index contributed by atoms with van der Waals surface area (Å²) in [5.41, 5.74) is 4.78. The Morgan fingerprint density at radius 2 is 2.16 bits per heavy atom. The molecule has 8 nitrogen and oxygen atoms in total. The van der Waals surface area contributed by atoms with Gasteiger partial charge in [0.15, 0.2) is 0 Å². The zero-order valence-corrected chi connectivity index (χ0v) is 10.8. The van der Waals surface area contributed by atoms with Gasteiger partial charge in [-0.05, 0) is 19.8 Å². The quantitative estimate of drug-likeness (QED) is 0.621. The van der Waals surface area contributed by atoms with Crippen LogP contribution in [0.25, 0.3) is 0 Å². The van der Waals surface area contributed by atoms with Gasteiger partial charge in [-0.3, -0.25) is 4.79 Å². The SMILES string of the molecule is CC1CC(C(=O)O)CCN1C(=O)NCCOC(N)=O. The number of aliphatic carboxylic acids is 1. The highest BCUT2D eigenvalue weighted by Gasteiger charge is 2.31. The van der Waals surface area contributed by atoms with Gasteiger partial charge in [0.25, 0.3) is 0 Å². The molecule has 0 aliphatic carbocycles. The van der Waals surface area contributed by atoms with Crippen LogP contribution in [-0.2, 0) is 9.53 Å². The number of hydrogen-bond acceptors (Lipinski definition) is 4. The van der Waals surface area contributed by atoms with E-state index in [-0.39, 0.29) is 25.2 Å². The first-order chi connectivity index (χ1) is 8.91. The number of carbonyl (C=O) groups is 3. The second kappa shape index (κ2) is 6.81. The third kappa shape index (κ3) is 4.65. The minimum atomic E-state index is -0.884.